The number of hydrogen-bond donors (Lipinski definition) is 1. The van der Waals surface area contributed by atoms with Crippen LogP contribution in [0.4, 0.5) is 13.2 Å². The largest absolute Gasteiger partial charge is 0.416 e. The van der Waals surface area contributed by atoms with Gasteiger partial charge in [-0.3, -0.25) is 0 Å². The lowest BCUT2D eigenvalue weighted by Gasteiger charge is -2.22. The van der Waals surface area contributed by atoms with Crippen molar-refractivity contribution in [1.82, 2.24) is 5.32 Å². The first-order chi connectivity index (χ1) is 11.4. The average Bonchev–Trinajstić information content (AvgIpc) is 2.57. The first-order valence-electron chi connectivity index (χ1n) is 7.98. The number of hydrogen-bond acceptors (Lipinski definition) is 1. The van der Waals surface area contributed by atoms with Crippen molar-refractivity contribution in [3.05, 3.63) is 76.9 Å². The smallest absolute Gasteiger partial charge is 0.310 e. The minimum atomic E-state index is -4.31. The van der Waals surface area contributed by atoms with Crippen molar-refractivity contribution in [2.45, 2.75) is 32.5 Å². The molecule has 1 N–H and O–H groups in total. The van der Waals surface area contributed by atoms with Gasteiger partial charge in [-0.1, -0.05) is 49.4 Å². The van der Waals surface area contributed by atoms with E-state index in [9.17, 15) is 13.2 Å². The molecule has 1 unspecified atom stereocenters. The Bertz CT molecular complexity index is 685. The second kappa shape index (κ2) is 7.67. The SMILES string of the molecule is CC/C(=C(/C)C(NC)c1ccc(C(F)(F)F)cc1)c1ccccc1. The van der Waals surface area contributed by atoms with Crippen molar-refractivity contribution in [1.29, 1.82) is 0 Å². The summed E-state index contributed by atoms with van der Waals surface area (Å²) >= 11 is 0. The third kappa shape index (κ3) is 4.06. The molecule has 128 valence electrons. The molecule has 4 heteroatoms. The summed E-state index contributed by atoms with van der Waals surface area (Å²) in [6, 6.07) is 15.3. The summed E-state index contributed by atoms with van der Waals surface area (Å²) in [6.07, 6.45) is -3.45. The summed E-state index contributed by atoms with van der Waals surface area (Å²) in [6.45, 7) is 4.12. The highest BCUT2D eigenvalue weighted by molar-refractivity contribution is 5.69. The zero-order chi connectivity index (χ0) is 17.7. The standard InChI is InChI=1S/C20H22F3N/c1-4-18(15-8-6-5-7-9-15)14(2)19(24-3)16-10-12-17(13-11-16)20(21,22)23/h5-13,19,24H,4H2,1-3H3/b18-14+. The van der Waals surface area contributed by atoms with Crippen molar-refractivity contribution in [3.8, 4) is 0 Å². The highest BCUT2D eigenvalue weighted by Crippen LogP contribution is 2.33. The fraction of sp³-hybridized carbons (Fsp3) is 0.300. The number of benzene rings is 2. The normalized spacial score (nSPS) is 14.2. The summed E-state index contributed by atoms with van der Waals surface area (Å²) in [7, 11) is 1.82. The minimum absolute atomic E-state index is 0.123. The molecule has 0 amide bonds. The van der Waals surface area contributed by atoms with E-state index in [0.717, 1.165) is 35.3 Å². The predicted molar refractivity (Wildman–Crippen MR) is 92.6 cm³/mol. The molecular weight excluding hydrogens is 311 g/mol. The van der Waals surface area contributed by atoms with E-state index < -0.39 is 11.7 Å². The molecular formula is C20H22F3N. The van der Waals surface area contributed by atoms with Gasteiger partial charge in [0, 0.05) is 0 Å². The van der Waals surface area contributed by atoms with Gasteiger partial charge in [-0.25, -0.2) is 0 Å². The summed E-state index contributed by atoms with van der Waals surface area (Å²) in [5.74, 6) is 0. The van der Waals surface area contributed by atoms with Gasteiger partial charge in [0.05, 0.1) is 11.6 Å². The number of rotatable bonds is 5. The van der Waals surface area contributed by atoms with Gasteiger partial charge in [0.2, 0.25) is 0 Å². The van der Waals surface area contributed by atoms with Crippen LogP contribution in [0.25, 0.3) is 5.57 Å². The zero-order valence-corrected chi connectivity index (χ0v) is 14.1. The lowest BCUT2D eigenvalue weighted by Crippen LogP contribution is -2.19. The first kappa shape index (κ1) is 18.3. The van der Waals surface area contributed by atoms with E-state index in [0.29, 0.717) is 0 Å². The Labute approximate surface area is 141 Å². The number of allylic oxidation sites excluding steroid dienone is 1. The molecule has 0 heterocycles. The molecule has 2 aromatic rings. The zero-order valence-electron chi connectivity index (χ0n) is 14.1. The topological polar surface area (TPSA) is 12.0 Å². The molecule has 2 aromatic carbocycles. The average molecular weight is 333 g/mol. The van der Waals surface area contributed by atoms with Gasteiger partial charge in [0.1, 0.15) is 0 Å². The Kier molecular flexibility index (Phi) is 5.84. The first-order valence-corrected chi connectivity index (χ1v) is 7.98. The molecule has 0 radical (unpaired) electrons. The van der Waals surface area contributed by atoms with Crippen LogP contribution < -0.4 is 5.32 Å². The molecule has 0 bridgehead atoms. The summed E-state index contributed by atoms with van der Waals surface area (Å²) in [5.41, 5.74) is 3.66. The van der Waals surface area contributed by atoms with Crippen LogP contribution >= 0.6 is 0 Å². The fourth-order valence-corrected chi connectivity index (χ4v) is 3.02. The van der Waals surface area contributed by atoms with E-state index in [1.807, 2.05) is 32.2 Å². The maximum Gasteiger partial charge on any atom is 0.416 e. The van der Waals surface area contributed by atoms with E-state index in [4.69, 9.17) is 0 Å². The van der Waals surface area contributed by atoms with E-state index in [2.05, 4.69) is 24.4 Å². The molecule has 2 rings (SSSR count). The molecule has 0 aliphatic heterocycles. The fourth-order valence-electron chi connectivity index (χ4n) is 3.02. The highest BCUT2D eigenvalue weighted by atomic mass is 19.4. The Hall–Kier alpha value is -2.07. The monoisotopic (exact) mass is 333 g/mol. The second-order valence-electron chi connectivity index (χ2n) is 5.72. The summed E-state index contributed by atoms with van der Waals surface area (Å²) in [5, 5.41) is 3.22. The van der Waals surface area contributed by atoms with Crippen molar-refractivity contribution in [2.24, 2.45) is 0 Å². The lowest BCUT2D eigenvalue weighted by atomic mass is 9.90. The molecule has 0 aliphatic carbocycles. The van der Waals surface area contributed by atoms with Crippen LogP contribution in [0.2, 0.25) is 0 Å². The second-order valence-corrected chi connectivity index (χ2v) is 5.72. The van der Waals surface area contributed by atoms with E-state index >= 15 is 0 Å². The van der Waals surface area contributed by atoms with Crippen molar-refractivity contribution < 1.29 is 13.2 Å². The number of nitrogens with one attached hydrogen (secondary N) is 1. The highest BCUT2D eigenvalue weighted by Gasteiger charge is 2.30. The Morgan fingerprint density at radius 2 is 1.58 bits per heavy atom. The molecule has 24 heavy (non-hydrogen) atoms. The van der Waals surface area contributed by atoms with Crippen molar-refractivity contribution in [3.63, 3.8) is 0 Å². The minimum Gasteiger partial charge on any atom is -0.310 e. The van der Waals surface area contributed by atoms with Crippen LogP contribution in [0, 0.1) is 0 Å². The Morgan fingerprint density at radius 1 is 1.00 bits per heavy atom. The summed E-state index contributed by atoms with van der Waals surface area (Å²) < 4.78 is 38.2. The van der Waals surface area contributed by atoms with Gasteiger partial charge in [-0.05, 0) is 54.8 Å². The van der Waals surface area contributed by atoms with Gasteiger partial charge < -0.3 is 5.32 Å². The van der Waals surface area contributed by atoms with Gasteiger partial charge in [0.15, 0.2) is 0 Å². The van der Waals surface area contributed by atoms with Crippen molar-refractivity contribution >= 4 is 5.57 Å². The molecule has 0 saturated carbocycles. The van der Waals surface area contributed by atoms with Crippen LogP contribution in [-0.2, 0) is 6.18 Å². The van der Waals surface area contributed by atoms with Crippen LogP contribution in [0.15, 0.2) is 60.2 Å². The quantitative estimate of drug-likeness (QED) is 0.724. The third-order valence-electron chi connectivity index (χ3n) is 4.24. The molecule has 1 nitrogen and oxygen atoms in total. The molecule has 0 fully saturated rings. The van der Waals surface area contributed by atoms with Crippen LogP contribution in [-0.4, -0.2) is 7.05 Å². The summed E-state index contributed by atoms with van der Waals surface area (Å²) in [4.78, 5) is 0. The Morgan fingerprint density at radius 3 is 2.04 bits per heavy atom. The third-order valence-corrected chi connectivity index (χ3v) is 4.24. The van der Waals surface area contributed by atoms with E-state index in [-0.39, 0.29) is 6.04 Å². The number of alkyl halides is 3. The van der Waals surface area contributed by atoms with Crippen LogP contribution in [0.1, 0.15) is 43.0 Å². The van der Waals surface area contributed by atoms with E-state index in [1.54, 1.807) is 12.1 Å². The van der Waals surface area contributed by atoms with Crippen molar-refractivity contribution in [2.75, 3.05) is 7.05 Å². The van der Waals surface area contributed by atoms with Crippen LogP contribution in [0.3, 0.4) is 0 Å². The molecule has 0 aromatic heterocycles. The maximum atomic E-state index is 12.7. The molecule has 0 spiro atoms. The van der Waals surface area contributed by atoms with Crippen LogP contribution in [0.5, 0.6) is 0 Å². The number of likely N-dealkylation sites (N-methyl/N-ethyl adjacent to an activating group) is 1. The molecule has 1 atom stereocenters. The van der Waals surface area contributed by atoms with Gasteiger partial charge >= 0.3 is 6.18 Å². The Balaban J connectivity index is 2.41. The number of halogens is 3. The van der Waals surface area contributed by atoms with Gasteiger partial charge in [-0.15, -0.1) is 0 Å². The van der Waals surface area contributed by atoms with E-state index in [1.165, 1.54) is 5.57 Å². The lowest BCUT2D eigenvalue weighted by molar-refractivity contribution is -0.137. The van der Waals surface area contributed by atoms with Gasteiger partial charge in [-0.2, -0.15) is 13.2 Å². The maximum absolute atomic E-state index is 12.7. The molecule has 0 aliphatic rings. The predicted octanol–water partition coefficient (Wildman–Crippen LogP) is 5.85. The van der Waals surface area contributed by atoms with Gasteiger partial charge in [0.25, 0.3) is 0 Å². The molecule has 0 saturated heterocycles.